The fourth-order valence-electron chi connectivity index (χ4n) is 6.63. The lowest BCUT2D eigenvalue weighted by molar-refractivity contribution is -0.143. The van der Waals surface area contributed by atoms with Crippen molar-refractivity contribution < 1.29 is 29.0 Å². The molecule has 5 rings (SSSR count). The zero-order valence-corrected chi connectivity index (χ0v) is 24.3. The summed E-state index contributed by atoms with van der Waals surface area (Å²) in [6.45, 7) is 4.36. The van der Waals surface area contributed by atoms with Crippen LogP contribution in [-0.4, -0.2) is 59.5 Å². The van der Waals surface area contributed by atoms with E-state index in [2.05, 4.69) is 30.0 Å². The fourth-order valence-corrected chi connectivity index (χ4v) is 6.63. The van der Waals surface area contributed by atoms with Crippen molar-refractivity contribution in [3.05, 3.63) is 58.7 Å². The van der Waals surface area contributed by atoms with Crippen LogP contribution in [0.25, 0.3) is 0 Å². The average molecular weight is 563 g/mol. The molecular weight excluding hydrogens is 520 g/mol. The van der Waals surface area contributed by atoms with Crippen LogP contribution in [0.1, 0.15) is 80.2 Å². The SMILES string of the molecule is COc1cc(CN(CC2CCC(C(=O)O)CC2)C(C)c2ccc3c(c2)CCC3)ccc1OCCN1C(=O)CCC1=O. The predicted octanol–water partition coefficient (Wildman–Crippen LogP) is 5.17. The van der Waals surface area contributed by atoms with E-state index in [1.807, 2.05) is 18.2 Å². The van der Waals surface area contributed by atoms with Gasteiger partial charge in [-0.15, -0.1) is 0 Å². The predicted molar refractivity (Wildman–Crippen MR) is 155 cm³/mol. The van der Waals surface area contributed by atoms with Crippen LogP contribution in [0.2, 0.25) is 0 Å². The lowest BCUT2D eigenvalue weighted by Gasteiger charge is -2.35. The zero-order valence-electron chi connectivity index (χ0n) is 24.3. The molecule has 8 nitrogen and oxygen atoms in total. The molecule has 0 bridgehead atoms. The van der Waals surface area contributed by atoms with Crippen LogP contribution in [-0.2, 0) is 33.8 Å². The van der Waals surface area contributed by atoms with Gasteiger partial charge in [0.2, 0.25) is 11.8 Å². The topological polar surface area (TPSA) is 96.4 Å². The van der Waals surface area contributed by atoms with Gasteiger partial charge in [-0.1, -0.05) is 24.3 Å². The number of hydrogen-bond donors (Lipinski definition) is 1. The molecule has 0 spiro atoms. The van der Waals surface area contributed by atoms with E-state index in [9.17, 15) is 19.5 Å². The number of carboxylic acid groups (broad SMARTS) is 1. The van der Waals surface area contributed by atoms with Crippen molar-refractivity contribution in [1.29, 1.82) is 0 Å². The van der Waals surface area contributed by atoms with Gasteiger partial charge in [0.05, 0.1) is 19.6 Å². The summed E-state index contributed by atoms with van der Waals surface area (Å²) < 4.78 is 11.6. The van der Waals surface area contributed by atoms with Gasteiger partial charge in [-0.3, -0.25) is 24.2 Å². The first-order valence-corrected chi connectivity index (χ1v) is 15.0. The molecule has 2 fully saturated rings. The van der Waals surface area contributed by atoms with Crippen LogP contribution in [0.3, 0.4) is 0 Å². The Kier molecular flexibility index (Phi) is 9.28. The third kappa shape index (κ3) is 6.92. The van der Waals surface area contributed by atoms with E-state index in [4.69, 9.17) is 9.47 Å². The molecule has 0 radical (unpaired) electrons. The van der Waals surface area contributed by atoms with Crippen LogP contribution in [0.4, 0.5) is 0 Å². The molecule has 1 saturated carbocycles. The largest absolute Gasteiger partial charge is 0.493 e. The molecule has 220 valence electrons. The Morgan fingerprint density at radius 1 is 0.976 bits per heavy atom. The van der Waals surface area contributed by atoms with Crippen molar-refractivity contribution in [2.24, 2.45) is 11.8 Å². The number of benzene rings is 2. The Hall–Kier alpha value is -3.39. The van der Waals surface area contributed by atoms with Crippen LogP contribution in [0, 0.1) is 11.8 Å². The van der Waals surface area contributed by atoms with E-state index in [-0.39, 0.29) is 49.8 Å². The van der Waals surface area contributed by atoms with Gasteiger partial charge in [-0.2, -0.15) is 0 Å². The maximum Gasteiger partial charge on any atom is 0.306 e. The second-order valence-corrected chi connectivity index (χ2v) is 11.8. The minimum atomic E-state index is -0.667. The summed E-state index contributed by atoms with van der Waals surface area (Å²) in [6, 6.07) is 13.1. The van der Waals surface area contributed by atoms with E-state index in [0.717, 1.165) is 50.8 Å². The number of nitrogens with zero attached hydrogens (tertiary/aromatic N) is 2. The van der Waals surface area contributed by atoms with Crippen molar-refractivity contribution in [2.75, 3.05) is 26.8 Å². The van der Waals surface area contributed by atoms with E-state index in [1.165, 1.54) is 34.4 Å². The van der Waals surface area contributed by atoms with Crippen molar-refractivity contribution in [3.63, 3.8) is 0 Å². The maximum absolute atomic E-state index is 11.9. The number of aryl methyl sites for hydroxylation is 2. The van der Waals surface area contributed by atoms with Gasteiger partial charge in [0, 0.05) is 32.0 Å². The average Bonchev–Trinajstić information content (AvgIpc) is 3.58. The van der Waals surface area contributed by atoms with Crippen molar-refractivity contribution in [3.8, 4) is 11.5 Å². The number of rotatable bonds is 12. The van der Waals surface area contributed by atoms with Gasteiger partial charge in [-0.05, 0) is 92.2 Å². The van der Waals surface area contributed by atoms with Gasteiger partial charge in [0.1, 0.15) is 6.61 Å². The molecule has 3 aliphatic rings. The second kappa shape index (κ2) is 13.1. The molecule has 1 atom stereocenters. The molecule has 41 heavy (non-hydrogen) atoms. The number of aliphatic carboxylic acids is 1. The highest BCUT2D eigenvalue weighted by atomic mass is 16.5. The number of amides is 2. The minimum Gasteiger partial charge on any atom is -0.493 e. The third-order valence-electron chi connectivity index (χ3n) is 9.18. The summed E-state index contributed by atoms with van der Waals surface area (Å²) >= 11 is 0. The highest BCUT2D eigenvalue weighted by Crippen LogP contribution is 2.35. The Bertz CT molecular complexity index is 1250. The number of fused-ring (bicyclic) bond motifs is 1. The summed E-state index contributed by atoms with van der Waals surface area (Å²) in [6.07, 6.45) is 7.45. The number of likely N-dealkylation sites (tertiary alicyclic amines) is 1. The first-order chi connectivity index (χ1) is 19.8. The molecule has 1 saturated heterocycles. The number of imide groups is 1. The summed E-state index contributed by atoms with van der Waals surface area (Å²) in [5.41, 5.74) is 5.36. The van der Waals surface area contributed by atoms with Crippen LogP contribution < -0.4 is 9.47 Å². The highest BCUT2D eigenvalue weighted by molar-refractivity contribution is 6.01. The van der Waals surface area contributed by atoms with Gasteiger partial charge < -0.3 is 14.6 Å². The Morgan fingerprint density at radius 2 is 1.71 bits per heavy atom. The van der Waals surface area contributed by atoms with Crippen molar-refractivity contribution >= 4 is 17.8 Å². The van der Waals surface area contributed by atoms with E-state index >= 15 is 0 Å². The summed E-state index contributed by atoms with van der Waals surface area (Å²) in [5, 5.41) is 9.45. The summed E-state index contributed by atoms with van der Waals surface area (Å²) in [5.74, 6) is 0.495. The lowest BCUT2D eigenvalue weighted by atomic mass is 9.81. The van der Waals surface area contributed by atoms with E-state index < -0.39 is 5.97 Å². The quantitative estimate of drug-likeness (QED) is 0.357. The normalized spacial score (nSPS) is 21.3. The minimum absolute atomic E-state index is 0.144. The molecule has 2 amide bonds. The highest BCUT2D eigenvalue weighted by Gasteiger charge is 2.30. The molecule has 1 heterocycles. The maximum atomic E-state index is 11.9. The number of hydrogen-bond acceptors (Lipinski definition) is 6. The van der Waals surface area contributed by atoms with E-state index in [0.29, 0.717) is 17.4 Å². The molecule has 1 aliphatic heterocycles. The standard InChI is InChI=1S/C33H42N2O6/c1-22(27-12-11-25-4-3-5-28(25)19-27)34(20-23-6-9-26(10-7-23)33(38)39)21-24-8-13-29(30(18-24)40-2)41-17-16-35-31(36)14-15-32(35)37/h8,11-13,18-19,22-23,26H,3-7,9-10,14-17,20-21H2,1-2H3,(H,38,39). The first-order valence-electron chi connectivity index (χ1n) is 15.0. The Labute approximate surface area is 242 Å². The molecule has 2 aromatic rings. The number of carbonyl (C=O) groups is 3. The molecule has 1 N–H and O–H groups in total. The van der Waals surface area contributed by atoms with Gasteiger partial charge in [0.25, 0.3) is 0 Å². The van der Waals surface area contributed by atoms with Gasteiger partial charge in [0.15, 0.2) is 11.5 Å². The Balaban J connectivity index is 1.29. The van der Waals surface area contributed by atoms with Gasteiger partial charge in [-0.25, -0.2) is 0 Å². The van der Waals surface area contributed by atoms with Crippen LogP contribution in [0.5, 0.6) is 11.5 Å². The molecule has 2 aliphatic carbocycles. The van der Waals surface area contributed by atoms with Crippen molar-refractivity contribution in [2.45, 2.75) is 77.3 Å². The van der Waals surface area contributed by atoms with Crippen LogP contribution >= 0.6 is 0 Å². The molecule has 2 aromatic carbocycles. The van der Waals surface area contributed by atoms with Crippen LogP contribution in [0.15, 0.2) is 36.4 Å². The fraction of sp³-hybridized carbons (Fsp3) is 0.545. The molecule has 8 heteroatoms. The summed E-state index contributed by atoms with van der Waals surface area (Å²) in [4.78, 5) is 39.1. The number of carboxylic acids is 1. The monoisotopic (exact) mass is 562 g/mol. The molecule has 0 aromatic heterocycles. The smallest absolute Gasteiger partial charge is 0.306 e. The van der Waals surface area contributed by atoms with Crippen molar-refractivity contribution in [1.82, 2.24) is 9.80 Å². The number of ether oxygens (including phenoxy) is 2. The lowest BCUT2D eigenvalue weighted by Crippen LogP contribution is -2.34. The van der Waals surface area contributed by atoms with E-state index in [1.54, 1.807) is 7.11 Å². The number of methoxy groups -OCH3 is 1. The first kappa shape index (κ1) is 29.1. The summed E-state index contributed by atoms with van der Waals surface area (Å²) in [7, 11) is 1.62. The second-order valence-electron chi connectivity index (χ2n) is 11.8. The molecular formula is C33H42N2O6. The van der Waals surface area contributed by atoms with Gasteiger partial charge >= 0.3 is 5.97 Å². The molecule has 1 unspecified atom stereocenters. The zero-order chi connectivity index (χ0) is 28.9. The number of carbonyl (C=O) groups excluding carboxylic acids is 2. The Morgan fingerprint density at radius 3 is 2.41 bits per heavy atom. The third-order valence-corrected chi connectivity index (χ3v) is 9.18.